The molecule has 0 spiro atoms. The first kappa shape index (κ1) is 29.2. The smallest absolute Gasteiger partial charge is 0.386 e. The second-order valence-corrected chi connectivity index (χ2v) is 10.6. The van der Waals surface area contributed by atoms with Crippen molar-refractivity contribution in [2.24, 2.45) is 10.7 Å². The van der Waals surface area contributed by atoms with Crippen molar-refractivity contribution in [1.29, 1.82) is 0 Å². The lowest BCUT2D eigenvalue weighted by atomic mass is 9.98. The van der Waals surface area contributed by atoms with E-state index >= 15 is 0 Å². The minimum Gasteiger partial charge on any atom is -0.386 e. The molecule has 40 heavy (non-hydrogen) atoms. The number of hydrogen-bond acceptors (Lipinski definition) is 6. The van der Waals surface area contributed by atoms with E-state index in [9.17, 15) is 18.3 Å². The van der Waals surface area contributed by atoms with Gasteiger partial charge in [-0.2, -0.15) is 13.2 Å². The third kappa shape index (κ3) is 7.24. The number of aliphatic hydroxyl groups is 1. The van der Waals surface area contributed by atoms with E-state index in [1.165, 1.54) is 12.3 Å². The van der Waals surface area contributed by atoms with Crippen molar-refractivity contribution in [2.45, 2.75) is 51.3 Å². The maximum atomic E-state index is 13.8. The molecule has 2 aliphatic heterocycles. The van der Waals surface area contributed by atoms with E-state index in [2.05, 4.69) is 38.9 Å². The molecule has 10 heteroatoms. The Balaban J connectivity index is 1.64. The van der Waals surface area contributed by atoms with Crippen LogP contribution in [0.1, 0.15) is 50.7 Å². The first-order valence-corrected chi connectivity index (χ1v) is 13.5. The van der Waals surface area contributed by atoms with Crippen molar-refractivity contribution < 1.29 is 18.3 Å². The molecule has 0 unspecified atom stereocenters. The van der Waals surface area contributed by atoms with Crippen molar-refractivity contribution >= 4 is 17.3 Å². The number of nitrogens with two attached hydrogens (primary N) is 1. The first-order valence-electron chi connectivity index (χ1n) is 13.5. The second-order valence-electron chi connectivity index (χ2n) is 10.6. The Morgan fingerprint density at radius 2 is 1.80 bits per heavy atom. The van der Waals surface area contributed by atoms with Gasteiger partial charge >= 0.3 is 6.18 Å². The number of anilines is 1. The Hall–Kier alpha value is -3.79. The van der Waals surface area contributed by atoms with Gasteiger partial charge in [0.15, 0.2) is 0 Å². The van der Waals surface area contributed by atoms with E-state index in [1.807, 2.05) is 0 Å². The molecule has 0 saturated heterocycles. The quantitative estimate of drug-likeness (QED) is 0.235. The fourth-order valence-corrected chi connectivity index (χ4v) is 4.87. The molecule has 214 valence electrons. The fraction of sp³-hybridized carbons (Fsp3) is 0.400. The number of amidine groups is 1. The van der Waals surface area contributed by atoms with Gasteiger partial charge in [0.1, 0.15) is 11.7 Å². The fourth-order valence-electron chi connectivity index (χ4n) is 4.87. The van der Waals surface area contributed by atoms with Crippen LogP contribution in [-0.4, -0.2) is 47.0 Å². The van der Waals surface area contributed by atoms with E-state index in [0.717, 1.165) is 48.8 Å². The predicted octanol–water partition coefficient (Wildman–Crippen LogP) is 5.58. The summed E-state index contributed by atoms with van der Waals surface area (Å²) in [5.41, 5.74) is 7.67. The van der Waals surface area contributed by atoms with Gasteiger partial charge in [-0.25, -0.2) is 9.98 Å². The highest BCUT2D eigenvalue weighted by Gasteiger charge is 2.36. The van der Waals surface area contributed by atoms with Crippen LogP contribution in [0.4, 0.5) is 24.7 Å². The number of benzene rings is 1. The molecule has 0 fully saturated rings. The van der Waals surface area contributed by atoms with Gasteiger partial charge in [-0.3, -0.25) is 0 Å². The van der Waals surface area contributed by atoms with E-state index in [4.69, 9.17) is 5.73 Å². The zero-order chi connectivity index (χ0) is 28.9. The standard InChI is InChI=1S/C30H37F3N6O/c1-21(38-17-6-4-5-7-18-38)36-26-15-20-39(28-25(30(31,32)33)9-8-16-35-28)19-14-24(26)27(34)37-23-12-10-22(11-13-23)29(2,3)40/h4,6,8-13,16,36,40H,1,5,7,14-15,17-20H2,2-3H3,(H2,34,37). The van der Waals surface area contributed by atoms with Crippen LogP contribution >= 0.6 is 0 Å². The molecular formula is C30H37F3N6O. The van der Waals surface area contributed by atoms with Gasteiger partial charge in [-0.1, -0.05) is 30.9 Å². The van der Waals surface area contributed by atoms with Gasteiger partial charge in [0.2, 0.25) is 0 Å². The van der Waals surface area contributed by atoms with Crippen LogP contribution in [0.2, 0.25) is 0 Å². The molecular weight excluding hydrogens is 517 g/mol. The van der Waals surface area contributed by atoms with E-state index in [0.29, 0.717) is 30.9 Å². The monoisotopic (exact) mass is 554 g/mol. The maximum absolute atomic E-state index is 13.8. The molecule has 0 aliphatic carbocycles. The Labute approximate surface area is 233 Å². The summed E-state index contributed by atoms with van der Waals surface area (Å²) in [6.07, 6.45) is 3.89. The maximum Gasteiger partial charge on any atom is 0.419 e. The third-order valence-corrected chi connectivity index (χ3v) is 7.12. The molecule has 1 aromatic carbocycles. The number of hydrogen-bond donors (Lipinski definition) is 3. The number of nitrogens with one attached hydrogen (secondary N) is 1. The molecule has 2 aromatic rings. The molecule has 3 heterocycles. The largest absolute Gasteiger partial charge is 0.419 e. The lowest BCUT2D eigenvalue weighted by Gasteiger charge is -2.27. The molecule has 4 N–H and O–H groups in total. The summed E-state index contributed by atoms with van der Waals surface area (Å²) in [7, 11) is 0. The molecule has 0 atom stereocenters. The first-order chi connectivity index (χ1) is 18.9. The highest BCUT2D eigenvalue weighted by atomic mass is 19.4. The Morgan fingerprint density at radius 1 is 1.07 bits per heavy atom. The van der Waals surface area contributed by atoms with Gasteiger partial charge in [-0.05, 0) is 62.9 Å². The number of rotatable bonds is 7. The van der Waals surface area contributed by atoms with Crippen LogP contribution in [0.25, 0.3) is 0 Å². The molecule has 4 rings (SSSR count). The van der Waals surface area contributed by atoms with Crippen molar-refractivity contribution in [3.63, 3.8) is 0 Å². The zero-order valence-electron chi connectivity index (χ0n) is 23.0. The van der Waals surface area contributed by atoms with Gasteiger partial charge in [0.05, 0.1) is 22.7 Å². The molecule has 2 aliphatic rings. The average molecular weight is 555 g/mol. The van der Waals surface area contributed by atoms with Crippen LogP contribution < -0.4 is 16.0 Å². The summed E-state index contributed by atoms with van der Waals surface area (Å²) >= 11 is 0. The Bertz CT molecular complexity index is 1290. The Kier molecular flexibility index (Phi) is 8.88. The van der Waals surface area contributed by atoms with Crippen LogP contribution in [0.3, 0.4) is 0 Å². The minimum atomic E-state index is -4.52. The van der Waals surface area contributed by atoms with Crippen LogP contribution in [0.5, 0.6) is 0 Å². The van der Waals surface area contributed by atoms with E-state index < -0.39 is 17.3 Å². The van der Waals surface area contributed by atoms with Crippen molar-refractivity contribution in [2.75, 3.05) is 31.1 Å². The number of aliphatic imine (C=N–C) groups is 1. The number of pyridine rings is 1. The molecule has 0 saturated carbocycles. The SMILES string of the molecule is C=C(NC1=C(C(N)=Nc2ccc(C(C)(C)O)cc2)CCN(c2ncccc2C(F)(F)F)CC1)N1CC=CCCC1. The normalized spacial score (nSPS) is 17.5. The summed E-state index contributed by atoms with van der Waals surface area (Å²) in [4.78, 5) is 12.5. The number of halogens is 3. The summed E-state index contributed by atoms with van der Waals surface area (Å²) in [5.74, 6) is 0.898. The topological polar surface area (TPSA) is 90.0 Å². The molecule has 0 bridgehead atoms. The summed E-state index contributed by atoms with van der Waals surface area (Å²) in [6.45, 7) is 9.82. The molecule has 7 nitrogen and oxygen atoms in total. The number of allylic oxidation sites excluding steroid dienone is 1. The third-order valence-electron chi connectivity index (χ3n) is 7.12. The van der Waals surface area contributed by atoms with E-state index in [-0.39, 0.29) is 18.2 Å². The van der Waals surface area contributed by atoms with Gasteiger partial charge in [0.25, 0.3) is 0 Å². The van der Waals surface area contributed by atoms with Gasteiger partial charge < -0.3 is 26.0 Å². The highest BCUT2D eigenvalue weighted by Crippen LogP contribution is 2.36. The van der Waals surface area contributed by atoms with Crippen LogP contribution in [0.15, 0.2) is 83.4 Å². The highest BCUT2D eigenvalue weighted by molar-refractivity contribution is 5.99. The van der Waals surface area contributed by atoms with E-state index in [1.54, 1.807) is 43.0 Å². The number of nitrogens with zero attached hydrogens (tertiary/aromatic N) is 4. The number of alkyl halides is 3. The summed E-state index contributed by atoms with van der Waals surface area (Å²) in [5, 5.41) is 13.7. The Morgan fingerprint density at radius 3 is 2.50 bits per heavy atom. The minimum absolute atomic E-state index is 0.0928. The lowest BCUT2D eigenvalue weighted by Crippen LogP contribution is -2.33. The van der Waals surface area contributed by atoms with Crippen molar-refractivity contribution in [3.8, 4) is 0 Å². The predicted molar refractivity (Wildman–Crippen MR) is 153 cm³/mol. The molecule has 1 aromatic heterocycles. The van der Waals surface area contributed by atoms with Crippen molar-refractivity contribution in [1.82, 2.24) is 15.2 Å². The van der Waals surface area contributed by atoms with Gasteiger partial charge in [-0.15, -0.1) is 0 Å². The molecule has 0 amide bonds. The van der Waals surface area contributed by atoms with Crippen molar-refractivity contribution in [3.05, 3.63) is 89.5 Å². The number of aromatic nitrogens is 1. The van der Waals surface area contributed by atoms with Crippen LogP contribution in [-0.2, 0) is 11.8 Å². The lowest BCUT2D eigenvalue weighted by molar-refractivity contribution is -0.137. The van der Waals surface area contributed by atoms with Crippen LogP contribution in [0, 0.1) is 0 Å². The van der Waals surface area contributed by atoms with Gasteiger partial charge in [0, 0.05) is 50.1 Å². The average Bonchev–Trinajstić information content (AvgIpc) is 3.30. The summed E-state index contributed by atoms with van der Waals surface area (Å²) < 4.78 is 41.3. The second kappa shape index (κ2) is 12.2. The zero-order valence-corrected chi connectivity index (χ0v) is 23.0. The summed E-state index contributed by atoms with van der Waals surface area (Å²) in [6, 6.07) is 9.51. The molecule has 0 radical (unpaired) electrons.